The zero-order chi connectivity index (χ0) is 16.5. The highest BCUT2D eigenvalue weighted by molar-refractivity contribution is 5.72. The van der Waals surface area contributed by atoms with Gasteiger partial charge in [0.15, 0.2) is 0 Å². The molecule has 1 aliphatic rings. The van der Waals surface area contributed by atoms with Crippen LogP contribution in [0.1, 0.15) is 60.3 Å². The minimum Gasteiger partial charge on any atom is -0.466 e. The summed E-state index contributed by atoms with van der Waals surface area (Å²) in [5.74, 6) is 1.04. The zero-order valence-electron chi connectivity index (χ0n) is 15.1. The van der Waals surface area contributed by atoms with E-state index in [-0.39, 0.29) is 11.9 Å². The smallest absolute Gasteiger partial charge is 0.309 e. The average Bonchev–Trinajstić information content (AvgIpc) is 2.46. The first kappa shape index (κ1) is 19.4. The number of esters is 1. The molecule has 0 aromatic rings. The van der Waals surface area contributed by atoms with Crippen LogP contribution in [0.25, 0.3) is 0 Å². The van der Waals surface area contributed by atoms with Gasteiger partial charge in [0.1, 0.15) is 0 Å². The Morgan fingerprint density at radius 2 is 1.95 bits per heavy atom. The third-order valence-corrected chi connectivity index (χ3v) is 4.74. The molecule has 1 N–H and O–H groups in total. The van der Waals surface area contributed by atoms with Crippen LogP contribution < -0.4 is 5.32 Å². The van der Waals surface area contributed by atoms with E-state index in [9.17, 15) is 4.79 Å². The molecule has 0 aromatic carbocycles. The summed E-state index contributed by atoms with van der Waals surface area (Å²) < 4.78 is 11.0. The molecule has 0 radical (unpaired) electrons. The van der Waals surface area contributed by atoms with Gasteiger partial charge in [-0.15, -0.1) is 0 Å². The Morgan fingerprint density at radius 1 is 1.23 bits per heavy atom. The van der Waals surface area contributed by atoms with Gasteiger partial charge < -0.3 is 14.8 Å². The molecule has 130 valence electrons. The van der Waals surface area contributed by atoms with Crippen LogP contribution in [0.2, 0.25) is 0 Å². The Labute approximate surface area is 136 Å². The molecule has 4 heteroatoms. The average molecular weight is 313 g/mol. The van der Waals surface area contributed by atoms with Crippen molar-refractivity contribution in [3.8, 4) is 0 Å². The number of rotatable bonds is 9. The lowest BCUT2D eigenvalue weighted by molar-refractivity contribution is -0.151. The minimum absolute atomic E-state index is 0.00957. The van der Waals surface area contributed by atoms with Crippen molar-refractivity contribution < 1.29 is 14.3 Å². The van der Waals surface area contributed by atoms with E-state index < -0.39 is 0 Å². The Bertz CT molecular complexity index is 319. The highest BCUT2D eigenvalue weighted by Crippen LogP contribution is 2.31. The van der Waals surface area contributed by atoms with Crippen molar-refractivity contribution in [3.05, 3.63) is 0 Å². The second-order valence-electron chi connectivity index (χ2n) is 6.83. The van der Waals surface area contributed by atoms with E-state index in [1.165, 1.54) is 0 Å². The maximum absolute atomic E-state index is 11.9. The summed E-state index contributed by atoms with van der Waals surface area (Å²) in [7, 11) is 0. The van der Waals surface area contributed by atoms with Gasteiger partial charge >= 0.3 is 5.97 Å². The Kier molecular flexibility index (Phi) is 9.03. The lowest BCUT2D eigenvalue weighted by Crippen LogP contribution is -2.41. The quantitative estimate of drug-likeness (QED) is 0.663. The van der Waals surface area contributed by atoms with Gasteiger partial charge in [0.05, 0.1) is 18.6 Å². The van der Waals surface area contributed by atoms with Crippen LogP contribution in [0, 0.1) is 17.8 Å². The van der Waals surface area contributed by atoms with E-state index in [2.05, 4.69) is 33.0 Å². The van der Waals surface area contributed by atoms with Crippen LogP contribution in [-0.2, 0) is 14.3 Å². The number of ether oxygens (including phenoxy) is 2. The second-order valence-corrected chi connectivity index (χ2v) is 6.83. The number of hydrogen-bond acceptors (Lipinski definition) is 4. The normalized spacial score (nSPS) is 26.9. The number of carbonyl (C=O) groups excluding carboxylic acids is 1. The van der Waals surface area contributed by atoms with Gasteiger partial charge in [0.25, 0.3) is 0 Å². The maximum Gasteiger partial charge on any atom is 0.309 e. The number of nitrogens with one attached hydrogen (secondary N) is 1. The van der Waals surface area contributed by atoms with Crippen LogP contribution in [0.4, 0.5) is 0 Å². The van der Waals surface area contributed by atoms with Crippen LogP contribution in [0.3, 0.4) is 0 Å². The van der Waals surface area contributed by atoms with Crippen LogP contribution in [-0.4, -0.2) is 37.9 Å². The zero-order valence-corrected chi connectivity index (χ0v) is 15.1. The lowest BCUT2D eigenvalue weighted by atomic mass is 9.78. The summed E-state index contributed by atoms with van der Waals surface area (Å²) in [6.45, 7) is 12.8. The van der Waals surface area contributed by atoms with Crippen molar-refractivity contribution in [2.24, 2.45) is 17.8 Å². The molecule has 4 nitrogen and oxygen atoms in total. The number of carbonyl (C=O) groups is 1. The summed E-state index contributed by atoms with van der Waals surface area (Å²) in [6, 6.07) is 0.523. The Morgan fingerprint density at radius 3 is 2.50 bits per heavy atom. The van der Waals surface area contributed by atoms with Gasteiger partial charge in [-0.2, -0.15) is 0 Å². The molecule has 0 heterocycles. The first-order chi connectivity index (χ1) is 10.5. The SMILES string of the molecule is CCOC(=O)[C@@H]1CC[C@H](NCC[C@H](OCC)C(C)C)C[C@H]1C. The van der Waals surface area contributed by atoms with E-state index in [0.717, 1.165) is 38.8 Å². The summed E-state index contributed by atoms with van der Waals surface area (Å²) in [5, 5.41) is 3.66. The maximum atomic E-state index is 11.9. The van der Waals surface area contributed by atoms with Gasteiger partial charge in [0.2, 0.25) is 0 Å². The van der Waals surface area contributed by atoms with Gasteiger partial charge in [0, 0.05) is 12.6 Å². The van der Waals surface area contributed by atoms with E-state index in [1.54, 1.807) is 0 Å². The van der Waals surface area contributed by atoms with Crippen LogP contribution in [0.15, 0.2) is 0 Å². The highest BCUT2D eigenvalue weighted by atomic mass is 16.5. The molecule has 0 amide bonds. The topological polar surface area (TPSA) is 47.6 Å². The fraction of sp³-hybridized carbons (Fsp3) is 0.944. The predicted octanol–water partition coefficient (Wildman–Crippen LogP) is 3.40. The van der Waals surface area contributed by atoms with Crippen molar-refractivity contribution in [3.63, 3.8) is 0 Å². The van der Waals surface area contributed by atoms with E-state index in [4.69, 9.17) is 9.47 Å². The van der Waals surface area contributed by atoms with Crippen molar-refractivity contribution >= 4 is 5.97 Å². The fourth-order valence-electron chi connectivity index (χ4n) is 3.43. The van der Waals surface area contributed by atoms with Crippen LogP contribution in [0.5, 0.6) is 0 Å². The van der Waals surface area contributed by atoms with Crippen molar-refractivity contribution in [1.29, 1.82) is 0 Å². The molecule has 1 fully saturated rings. The monoisotopic (exact) mass is 313 g/mol. The third kappa shape index (κ3) is 6.25. The lowest BCUT2D eigenvalue weighted by Gasteiger charge is -2.33. The largest absolute Gasteiger partial charge is 0.466 e. The Hall–Kier alpha value is -0.610. The first-order valence-electron chi connectivity index (χ1n) is 9.01. The fourth-order valence-corrected chi connectivity index (χ4v) is 3.43. The molecule has 1 rings (SSSR count). The van der Waals surface area contributed by atoms with Gasteiger partial charge in [-0.1, -0.05) is 20.8 Å². The van der Waals surface area contributed by atoms with E-state index >= 15 is 0 Å². The first-order valence-corrected chi connectivity index (χ1v) is 9.01. The molecule has 22 heavy (non-hydrogen) atoms. The summed E-state index contributed by atoms with van der Waals surface area (Å²) >= 11 is 0. The van der Waals surface area contributed by atoms with Gasteiger partial charge in [-0.25, -0.2) is 0 Å². The molecule has 0 aliphatic heterocycles. The summed E-state index contributed by atoms with van der Waals surface area (Å²) in [6.07, 6.45) is 4.46. The van der Waals surface area contributed by atoms with E-state index in [1.807, 2.05) is 6.92 Å². The molecule has 0 aromatic heterocycles. The molecular weight excluding hydrogens is 278 g/mol. The summed E-state index contributed by atoms with van der Waals surface area (Å²) in [5.41, 5.74) is 0. The minimum atomic E-state index is -0.00957. The van der Waals surface area contributed by atoms with Crippen molar-refractivity contribution in [2.75, 3.05) is 19.8 Å². The van der Waals surface area contributed by atoms with E-state index in [0.29, 0.717) is 30.6 Å². The van der Waals surface area contributed by atoms with Gasteiger partial charge in [-0.05, 0) is 57.9 Å². The molecule has 1 saturated carbocycles. The molecular formula is C18H35NO3. The molecule has 0 spiro atoms. The standard InChI is InChI=1S/C18H35NO3/c1-6-21-17(13(3)4)10-11-19-15-8-9-16(14(5)12-15)18(20)22-7-2/h13-17,19H,6-12H2,1-5H3/t14-,15+,16-,17+/m1/s1. The van der Waals surface area contributed by atoms with Crippen molar-refractivity contribution in [2.45, 2.75) is 72.4 Å². The number of hydrogen-bond donors (Lipinski definition) is 1. The second kappa shape index (κ2) is 10.2. The summed E-state index contributed by atoms with van der Waals surface area (Å²) in [4.78, 5) is 11.9. The molecule has 0 bridgehead atoms. The Balaban J connectivity index is 2.30. The highest BCUT2D eigenvalue weighted by Gasteiger charge is 2.33. The molecule has 1 aliphatic carbocycles. The molecule has 0 saturated heterocycles. The third-order valence-electron chi connectivity index (χ3n) is 4.74. The molecule has 4 atom stereocenters. The van der Waals surface area contributed by atoms with Crippen molar-refractivity contribution in [1.82, 2.24) is 5.32 Å². The predicted molar refractivity (Wildman–Crippen MR) is 89.8 cm³/mol. The van der Waals surface area contributed by atoms with Gasteiger partial charge in [-0.3, -0.25) is 4.79 Å². The van der Waals surface area contributed by atoms with Crippen LogP contribution >= 0.6 is 0 Å². The molecule has 0 unspecified atom stereocenters.